The molecule has 1 rings (SSSR count). The van der Waals surface area contributed by atoms with Gasteiger partial charge in [0.15, 0.2) is 0 Å². The molecular weight excluding hydrogens is 174 g/mol. The molecule has 1 aromatic carbocycles. The summed E-state index contributed by atoms with van der Waals surface area (Å²) < 4.78 is 0. The van der Waals surface area contributed by atoms with E-state index in [2.05, 4.69) is 17.0 Å². The molecule has 0 saturated heterocycles. The minimum absolute atomic E-state index is 0.739. The van der Waals surface area contributed by atoms with Gasteiger partial charge in [-0.05, 0) is 39.1 Å². The molecule has 0 saturated carbocycles. The molecule has 0 unspecified atom stereocenters. The molecule has 1 N–H and O–H groups in total. The van der Waals surface area contributed by atoms with Crippen LogP contribution in [0.5, 0.6) is 0 Å². The Morgan fingerprint density at radius 2 is 1.64 bits per heavy atom. The maximum Gasteiger partial charge on any atom is 0.0840 e. The Bertz CT molecular complexity index is 282. The maximum atomic E-state index is 9.75. The summed E-state index contributed by atoms with van der Waals surface area (Å²) in [5, 5.41) is 9.75. The molecule has 0 aromatic heterocycles. The standard InChI is InChI=1S/C12H19NO/c1-12(2,14)11-7-5-10(6-8-11)9-13(3)4/h5-8,14H,9H2,1-4H3. The summed E-state index contributed by atoms with van der Waals surface area (Å²) in [4.78, 5) is 2.12. The molecule has 1 aromatic rings. The van der Waals surface area contributed by atoms with Gasteiger partial charge in [0, 0.05) is 6.54 Å². The molecule has 0 heterocycles. The number of aliphatic hydroxyl groups is 1. The zero-order chi connectivity index (χ0) is 10.8. The van der Waals surface area contributed by atoms with Gasteiger partial charge >= 0.3 is 0 Å². The molecule has 14 heavy (non-hydrogen) atoms. The van der Waals surface area contributed by atoms with E-state index in [1.165, 1.54) is 5.56 Å². The molecular formula is C12H19NO. The summed E-state index contributed by atoms with van der Waals surface area (Å²) >= 11 is 0. The Morgan fingerprint density at radius 1 is 1.14 bits per heavy atom. The molecule has 0 atom stereocenters. The Balaban J connectivity index is 2.79. The fourth-order valence-corrected chi connectivity index (χ4v) is 1.38. The summed E-state index contributed by atoms with van der Waals surface area (Å²) in [5.74, 6) is 0. The predicted molar refractivity (Wildman–Crippen MR) is 59.1 cm³/mol. The molecule has 0 aliphatic rings. The quantitative estimate of drug-likeness (QED) is 0.793. The highest BCUT2D eigenvalue weighted by Gasteiger charge is 2.14. The van der Waals surface area contributed by atoms with Crippen molar-refractivity contribution in [3.63, 3.8) is 0 Å². The lowest BCUT2D eigenvalue weighted by Crippen LogP contribution is -2.16. The molecule has 0 fully saturated rings. The van der Waals surface area contributed by atoms with Crippen LogP contribution < -0.4 is 0 Å². The van der Waals surface area contributed by atoms with E-state index in [9.17, 15) is 5.11 Å². The minimum Gasteiger partial charge on any atom is -0.386 e. The molecule has 78 valence electrons. The van der Waals surface area contributed by atoms with E-state index in [0.717, 1.165) is 12.1 Å². The SMILES string of the molecule is CN(C)Cc1ccc(C(C)(C)O)cc1. The number of benzene rings is 1. The van der Waals surface area contributed by atoms with Gasteiger partial charge in [-0.25, -0.2) is 0 Å². The van der Waals surface area contributed by atoms with Gasteiger partial charge in [0.1, 0.15) is 0 Å². The molecule has 0 bridgehead atoms. The van der Waals surface area contributed by atoms with Gasteiger partial charge < -0.3 is 10.0 Å². The molecule has 0 aliphatic carbocycles. The topological polar surface area (TPSA) is 23.5 Å². The van der Waals surface area contributed by atoms with Crippen molar-refractivity contribution in [2.75, 3.05) is 14.1 Å². The second-order valence-electron chi connectivity index (χ2n) is 4.49. The summed E-state index contributed by atoms with van der Waals surface area (Å²) in [7, 11) is 4.09. The highest BCUT2D eigenvalue weighted by Crippen LogP contribution is 2.19. The van der Waals surface area contributed by atoms with Crippen LogP contribution in [0.2, 0.25) is 0 Å². The summed E-state index contributed by atoms with van der Waals surface area (Å²) in [6.07, 6.45) is 0. The highest BCUT2D eigenvalue weighted by atomic mass is 16.3. The van der Waals surface area contributed by atoms with Crippen molar-refractivity contribution in [3.05, 3.63) is 35.4 Å². The van der Waals surface area contributed by atoms with Crippen molar-refractivity contribution in [1.29, 1.82) is 0 Å². The van der Waals surface area contributed by atoms with Gasteiger partial charge in [0.25, 0.3) is 0 Å². The van der Waals surface area contributed by atoms with Gasteiger partial charge in [-0.3, -0.25) is 0 Å². The van der Waals surface area contributed by atoms with E-state index < -0.39 is 5.60 Å². The average molecular weight is 193 g/mol. The fourth-order valence-electron chi connectivity index (χ4n) is 1.38. The van der Waals surface area contributed by atoms with Gasteiger partial charge in [-0.1, -0.05) is 24.3 Å². The predicted octanol–water partition coefficient (Wildman–Crippen LogP) is 1.98. The van der Waals surface area contributed by atoms with Crippen molar-refractivity contribution in [2.24, 2.45) is 0 Å². The van der Waals surface area contributed by atoms with Crippen molar-refractivity contribution < 1.29 is 5.11 Å². The number of nitrogens with zero attached hydrogens (tertiary/aromatic N) is 1. The first-order chi connectivity index (χ1) is 6.39. The first-order valence-corrected chi connectivity index (χ1v) is 4.86. The van der Waals surface area contributed by atoms with Crippen molar-refractivity contribution in [3.8, 4) is 0 Å². The van der Waals surface area contributed by atoms with Crippen LogP contribution in [-0.2, 0) is 12.1 Å². The Labute approximate surface area is 86.2 Å². The molecule has 2 nitrogen and oxygen atoms in total. The molecule has 0 aliphatic heterocycles. The van der Waals surface area contributed by atoms with Crippen LogP contribution in [-0.4, -0.2) is 24.1 Å². The van der Waals surface area contributed by atoms with Gasteiger partial charge in [-0.15, -0.1) is 0 Å². The van der Waals surface area contributed by atoms with E-state index in [0.29, 0.717) is 0 Å². The summed E-state index contributed by atoms with van der Waals surface area (Å²) in [5.41, 5.74) is 1.49. The zero-order valence-electron chi connectivity index (χ0n) is 9.41. The average Bonchev–Trinajstić information content (AvgIpc) is 2.02. The minimum atomic E-state index is -0.739. The third kappa shape index (κ3) is 3.13. The lowest BCUT2D eigenvalue weighted by Gasteiger charge is -2.18. The Morgan fingerprint density at radius 3 is 2.00 bits per heavy atom. The molecule has 0 radical (unpaired) electrons. The monoisotopic (exact) mass is 193 g/mol. The van der Waals surface area contributed by atoms with E-state index in [1.807, 2.05) is 26.2 Å². The van der Waals surface area contributed by atoms with E-state index >= 15 is 0 Å². The number of hydrogen-bond donors (Lipinski definition) is 1. The normalized spacial score (nSPS) is 12.1. The van der Waals surface area contributed by atoms with Crippen LogP contribution in [0.15, 0.2) is 24.3 Å². The summed E-state index contributed by atoms with van der Waals surface area (Å²) in [6.45, 7) is 4.54. The van der Waals surface area contributed by atoms with E-state index in [4.69, 9.17) is 0 Å². The molecule has 0 amide bonds. The van der Waals surface area contributed by atoms with Crippen LogP contribution in [0.4, 0.5) is 0 Å². The summed E-state index contributed by atoms with van der Waals surface area (Å²) in [6, 6.07) is 8.10. The lowest BCUT2D eigenvalue weighted by atomic mass is 9.97. The van der Waals surface area contributed by atoms with Crippen LogP contribution in [0.1, 0.15) is 25.0 Å². The van der Waals surface area contributed by atoms with Crippen molar-refractivity contribution in [1.82, 2.24) is 4.90 Å². The van der Waals surface area contributed by atoms with E-state index in [-0.39, 0.29) is 0 Å². The van der Waals surface area contributed by atoms with Crippen LogP contribution in [0.3, 0.4) is 0 Å². The van der Waals surface area contributed by atoms with E-state index in [1.54, 1.807) is 13.8 Å². The highest BCUT2D eigenvalue weighted by molar-refractivity contribution is 5.26. The second kappa shape index (κ2) is 4.11. The first kappa shape index (κ1) is 11.2. The molecule has 0 spiro atoms. The molecule has 2 heteroatoms. The third-order valence-electron chi connectivity index (χ3n) is 2.16. The van der Waals surface area contributed by atoms with Crippen molar-refractivity contribution >= 4 is 0 Å². The van der Waals surface area contributed by atoms with Gasteiger partial charge in [-0.2, -0.15) is 0 Å². The third-order valence-corrected chi connectivity index (χ3v) is 2.16. The Hall–Kier alpha value is -0.860. The number of rotatable bonds is 3. The van der Waals surface area contributed by atoms with Gasteiger partial charge in [0.05, 0.1) is 5.60 Å². The second-order valence-corrected chi connectivity index (χ2v) is 4.49. The maximum absolute atomic E-state index is 9.75. The van der Waals surface area contributed by atoms with Crippen LogP contribution in [0, 0.1) is 0 Å². The lowest BCUT2D eigenvalue weighted by molar-refractivity contribution is 0.0786. The van der Waals surface area contributed by atoms with Crippen molar-refractivity contribution in [2.45, 2.75) is 26.0 Å². The first-order valence-electron chi connectivity index (χ1n) is 4.86. The zero-order valence-corrected chi connectivity index (χ0v) is 9.41. The number of hydrogen-bond acceptors (Lipinski definition) is 2. The van der Waals surface area contributed by atoms with Gasteiger partial charge in [0.2, 0.25) is 0 Å². The van der Waals surface area contributed by atoms with Crippen LogP contribution >= 0.6 is 0 Å². The largest absolute Gasteiger partial charge is 0.386 e. The fraction of sp³-hybridized carbons (Fsp3) is 0.500. The Kier molecular flexibility index (Phi) is 3.29. The van der Waals surface area contributed by atoms with Crippen LogP contribution in [0.25, 0.3) is 0 Å². The smallest absolute Gasteiger partial charge is 0.0840 e.